The number of hydrogen-bond donors (Lipinski definition) is 0. The van der Waals surface area contributed by atoms with Gasteiger partial charge in [0.1, 0.15) is 6.61 Å². The van der Waals surface area contributed by atoms with Crippen LogP contribution in [-0.2, 0) is 14.3 Å². The van der Waals surface area contributed by atoms with E-state index in [1.54, 1.807) is 17.0 Å². The minimum absolute atomic E-state index is 0.141. The molecule has 2 saturated heterocycles. The maximum Gasteiger partial charge on any atom is 0.417 e. The highest BCUT2D eigenvalue weighted by atomic mass is 16.6. The molecule has 8 nitrogen and oxygen atoms in total. The van der Waals surface area contributed by atoms with E-state index in [4.69, 9.17) is 14.2 Å². The molecule has 2 fully saturated rings. The van der Waals surface area contributed by atoms with Crippen LogP contribution in [0.5, 0.6) is 11.5 Å². The van der Waals surface area contributed by atoms with E-state index in [9.17, 15) is 14.4 Å². The van der Waals surface area contributed by atoms with Crippen LogP contribution in [0.1, 0.15) is 6.42 Å². The van der Waals surface area contributed by atoms with Gasteiger partial charge in [0.05, 0.1) is 6.04 Å². The van der Waals surface area contributed by atoms with E-state index in [1.165, 1.54) is 0 Å². The Morgan fingerprint density at radius 3 is 2.67 bits per heavy atom. The van der Waals surface area contributed by atoms with Crippen molar-refractivity contribution >= 4 is 17.9 Å². The van der Waals surface area contributed by atoms with Crippen molar-refractivity contribution in [2.75, 3.05) is 26.3 Å². The molecule has 0 N–H and O–H groups in total. The molecule has 0 aromatic heterocycles. The van der Waals surface area contributed by atoms with Crippen molar-refractivity contribution in [1.82, 2.24) is 9.80 Å². The third kappa shape index (κ3) is 2.44. The number of amides is 3. The smallest absolute Gasteiger partial charge is 0.417 e. The number of para-hydroxylation sites is 2. The van der Waals surface area contributed by atoms with Crippen molar-refractivity contribution in [2.24, 2.45) is 0 Å². The fourth-order valence-electron chi connectivity index (χ4n) is 3.21. The summed E-state index contributed by atoms with van der Waals surface area (Å²) in [6, 6.07) is 6.84. The SMILES string of the molecule is O=C(C1COc2ccccc2O1)N1CCC(N2C(=O)COC2=O)C1. The van der Waals surface area contributed by atoms with Crippen LogP contribution in [0.4, 0.5) is 4.79 Å². The van der Waals surface area contributed by atoms with Gasteiger partial charge in [-0.25, -0.2) is 9.69 Å². The molecule has 2 atom stereocenters. The lowest BCUT2D eigenvalue weighted by Gasteiger charge is -2.29. The van der Waals surface area contributed by atoms with Gasteiger partial charge >= 0.3 is 6.09 Å². The number of ether oxygens (including phenoxy) is 3. The Kier molecular flexibility index (Phi) is 3.51. The van der Waals surface area contributed by atoms with E-state index in [0.717, 1.165) is 4.90 Å². The van der Waals surface area contributed by atoms with Crippen LogP contribution >= 0.6 is 0 Å². The molecule has 3 aliphatic rings. The third-order valence-corrected chi connectivity index (χ3v) is 4.41. The zero-order chi connectivity index (χ0) is 16.7. The van der Waals surface area contributed by atoms with E-state index in [1.807, 2.05) is 12.1 Å². The fourth-order valence-corrected chi connectivity index (χ4v) is 3.21. The summed E-state index contributed by atoms with van der Waals surface area (Å²) in [5.41, 5.74) is 0. The zero-order valence-corrected chi connectivity index (χ0v) is 12.8. The van der Waals surface area contributed by atoms with Gasteiger partial charge in [0.25, 0.3) is 11.8 Å². The van der Waals surface area contributed by atoms with Crippen LogP contribution in [0.2, 0.25) is 0 Å². The second-order valence-electron chi connectivity index (χ2n) is 5.91. The molecule has 0 radical (unpaired) electrons. The van der Waals surface area contributed by atoms with Crippen molar-refractivity contribution in [3.05, 3.63) is 24.3 Å². The largest absolute Gasteiger partial charge is 0.485 e. The topological polar surface area (TPSA) is 85.4 Å². The molecule has 126 valence electrons. The predicted molar refractivity (Wildman–Crippen MR) is 79.5 cm³/mol. The maximum atomic E-state index is 12.6. The Bertz CT molecular complexity index is 690. The molecule has 3 aliphatic heterocycles. The highest BCUT2D eigenvalue weighted by Crippen LogP contribution is 2.31. The number of rotatable bonds is 2. The monoisotopic (exact) mass is 332 g/mol. The number of carbonyl (C=O) groups excluding carboxylic acids is 3. The minimum Gasteiger partial charge on any atom is -0.485 e. The minimum atomic E-state index is -0.722. The van der Waals surface area contributed by atoms with Crippen LogP contribution in [0.3, 0.4) is 0 Å². The van der Waals surface area contributed by atoms with E-state index < -0.39 is 12.2 Å². The lowest BCUT2D eigenvalue weighted by Crippen LogP contribution is -2.47. The summed E-state index contributed by atoms with van der Waals surface area (Å²) in [5, 5.41) is 0. The molecule has 1 aromatic carbocycles. The molecule has 2 unspecified atom stereocenters. The van der Waals surface area contributed by atoms with E-state index in [0.29, 0.717) is 31.0 Å². The average molecular weight is 332 g/mol. The number of cyclic esters (lactones) is 1. The van der Waals surface area contributed by atoms with E-state index >= 15 is 0 Å². The fraction of sp³-hybridized carbons (Fsp3) is 0.438. The standard InChI is InChI=1S/C16H16N2O6/c19-14-9-23-16(21)18(14)10-5-6-17(7-10)15(20)13-8-22-11-3-1-2-4-12(11)24-13/h1-4,10,13H,5-9H2. The highest BCUT2D eigenvalue weighted by Gasteiger charge is 2.43. The van der Waals surface area contributed by atoms with Gasteiger partial charge in [0.15, 0.2) is 18.1 Å². The van der Waals surface area contributed by atoms with Crippen molar-refractivity contribution in [3.63, 3.8) is 0 Å². The number of fused-ring (bicyclic) bond motifs is 1. The second kappa shape index (κ2) is 5.70. The summed E-state index contributed by atoms with van der Waals surface area (Å²) in [6.07, 6.45) is -0.818. The number of carbonyl (C=O) groups is 3. The summed E-state index contributed by atoms with van der Waals surface area (Å²) >= 11 is 0. The number of nitrogens with zero attached hydrogens (tertiary/aromatic N) is 2. The quantitative estimate of drug-likeness (QED) is 0.780. The van der Waals surface area contributed by atoms with Gasteiger partial charge in [0.2, 0.25) is 6.10 Å². The van der Waals surface area contributed by atoms with Crippen molar-refractivity contribution in [3.8, 4) is 11.5 Å². The maximum absolute atomic E-state index is 12.6. The number of imide groups is 1. The van der Waals surface area contributed by atoms with E-state index in [-0.39, 0.29) is 31.1 Å². The van der Waals surface area contributed by atoms with Crippen LogP contribution in [-0.4, -0.2) is 66.2 Å². The highest BCUT2D eigenvalue weighted by molar-refractivity contribution is 5.98. The molecule has 3 amide bonds. The molecule has 1 aromatic rings. The summed E-state index contributed by atoms with van der Waals surface area (Å²) in [5.74, 6) is 0.597. The number of benzene rings is 1. The lowest BCUT2D eigenvalue weighted by atomic mass is 10.2. The summed E-state index contributed by atoms with van der Waals surface area (Å²) in [4.78, 5) is 38.7. The summed E-state index contributed by atoms with van der Waals surface area (Å²) < 4.78 is 16.0. The van der Waals surface area contributed by atoms with Gasteiger partial charge in [-0.1, -0.05) is 12.1 Å². The second-order valence-corrected chi connectivity index (χ2v) is 5.91. The molecule has 0 saturated carbocycles. The Balaban J connectivity index is 1.41. The molecule has 0 aliphatic carbocycles. The molecule has 4 rings (SSSR count). The molecular weight excluding hydrogens is 316 g/mol. The summed E-state index contributed by atoms with van der Waals surface area (Å²) in [6.45, 7) is 0.671. The number of likely N-dealkylation sites (tertiary alicyclic amines) is 1. The van der Waals surface area contributed by atoms with Crippen LogP contribution in [0, 0.1) is 0 Å². The Hall–Kier alpha value is -2.77. The van der Waals surface area contributed by atoms with Crippen LogP contribution < -0.4 is 9.47 Å². The first-order chi connectivity index (χ1) is 11.6. The first-order valence-electron chi connectivity index (χ1n) is 7.79. The zero-order valence-electron chi connectivity index (χ0n) is 12.8. The van der Waals surface area contributed by atoms with Gasteiger partial charge in [0, 0.05) is 13.1 Å². The molecule has 0 spiro atoms. The average Bonchev–Trinajstić information content (AvgIpc) is 3.20. The van der Waals surface area contributed by atoms with Gasteiger partial charge in [-0.2, -0.15) is 0 Å². The van der Waals surface area contributed by atoms with Gasteiger partial charge < -0.3 is 19.1 Å². The normalized spacial score (nSPS) is 25.8. The van der Waals surface area contributed by atoms with Gasteiger partial charge in [-0.15, -0.1) is 0 Å². The molecule has 8 heteroatoms. The first kappa shape index (κ1) is 14.8. The van der Waals surface area contributed by atoms with Crippen molar-refractivity contribution < 1.29 is 28.6 Å². The first-order valence-corrected chi connectivity index (χ1v) is 7.79. The van der Waals surface area contributed by atoms with Gasteiger partial charge in [-0.05, 0) is 18.6 Å². The van der Waals surface area contributed by atoms with E-state index in [2.05, 4.69) is 0 Å². The molecular formula is C16H16N2O6. The summed E-state index contributed by atoms with van der Waals surface area (Å²) in [7, 11) is 0. The van der Waals surface area contributed by atoms with Crippen LogP contribution in [0.15, 0.2) is 24.3 Å². The van der Waals surface area contributed by atoms with Crippen molar-refractivity contribution in [1.29, 1.82) is 0 Å². The number of hydrogen-bond acceptors (Lipinski definition) is 6. The Morgan fingerprint density at radius 1 is 1.12 bits per heavy atom. The molecule has 24 heavy (non-hydrogen) atoms. The molecule has 3 heterocycles. The molecule has 0 bridgehead atoms. The Morgan fingerprint density at radius 2 is 1.92 bits per heavy atom. The third-order valence-electron chi connectivity index (χ3n) is 4.41. The van der Waals surface area contributed by atoms with Gasteiger partial charge in [-0.3, -0.25) is 9.59 Å². The van der Waals surface area contributed by atoms with Crippen LogP contribution in [0.25, 0.3) is 0 Å². The Labute approximate surface area is 137 Å². The van der Waals surface area contributed by atoms with Crippen molar-refractivity contribution in [2.45, 2.75) is 18.6 Å². The predicted octanol–water partition coefficient (Wildman–Crippen LogP) is 0.406. The lowest BCUT2D eigenvalue weighted by molar-refractivity contribution is -0.140.